The van der Waals surface area contributed by atoms with Crippen molar-refractivity contribution in [1.29, 1.82) is 0 Å². The van der Waals surface area contributed by atoms with Gasteiger partial charge in [0.25, 0.3) is 0 Å². The summed E-state index contributed by atoms with van der Waals surface area (Å²) in [7, 11) is 0. The Bertz CT molecular complexity index is 502. The molecule has 116 valence electrons. The zero-order valence-electron chi connectivity index (χ0n) is 12.3. The minimum absolute atomic E-state index is 0.173. The molecule has 1 N–H and O–H groups in total. The molecule has 0 heterocycles. The van der Waals surface area contributed by atoms with Crippen LogP contribution in [0.15, 0.2) is 18.2 Å². The first-order valence-electron chi connectivity index (χ1n) is 7.68. The zero-order chi connectivity index (χ0) is 15.4. The summed E-state index contributed by atoms with van der Waals surface area (Å²) in [5.41, 5.74) is 1.01. The SMILES string of the molecule is CCCC1CCC(C(=O)O)C(Cc2ccc(Cl)cc2Cl)C1. The van der Waals surface area contributed by atoms with E-state index in [1.807, 2.05) is 12.1 Å². The Morgan fingerprint density at radius 2 is 2.10 bits per heavy atom. The number of carboxylic acid groups (broad SMARTS) is 1. The molecule has 1 aromatic rings. The summed E-state index contributed by atoms with van der Waals surface area (Å²) in [6, 6.07) is 5.48. The molecule has 2 rings (SSSR count). The molecular weight excluding hydrogens is 307 g/mol. The Morgan fingerprint density at radius 1 is 1.33 bits per heavy atom. The summed E-state index contributed by atoms with van der Waals surface area (Å²) < 4.78 is 0. The summed E-state index contributed by atoms with van der Waals surface area (Å²) in [4.78, 5) is 11.5. The van der Waals surface area contributed by atoms with Gasteiger partial charge < -0.3 is 5.11 Å². The largest absolute Gasteiger partial charge is 0.481 e. The first-order chi connectivity index (χ1) is 10.0. The number of hydrogen-bond donors (Lipinski definition) is 1. The van der Waals surface area contributed by atoms with Gasteiger partial charge in [0, 0.05) is 10.0 Å². The van der Waals surface area contributed by atoms with E-state index < -0.39 is 5.97 Å². The van der Waals surface area contributed by atoms with Gasteiger partial charge in [0.2, 0.25) is 0 Å². The van der Waals surface area contributed by atoms with Crippen LogP contribution in [0.25, 0.3) is 0 Å². The lowest BCUT2D eigenvalue weighted by molar-refractivity contribution is -0.145. The van der Waals surface area contributed by atoms with Gasteiger partial charge in [0.1, 0.15) is 0 Å². The lowest BCUT2D eigenvalue weighted by Gasteiger charge is -2.34. The molecule has 3 atom stereocenters. The van der Waals surface area contributed by atoms with Crippen molar-refractivity contribution in [1.82, 2.24) is 0 Å². The molecule has 0 saturated heterocycles. The van der Waals surface area contributed by atoms with Crippen LogP contribution in [0.4, 0.5) is 0 Å². The molecule has 0 amide bonds. The van der Waals surface area contributed by atoms with E-state index in [2.05, 4.69) is 6.92 Å². The molecule has 1 saturated carbocycles. The summed E-state index contributed by atoms with van der Waals surface area (Å²) in [5.74, 6) is -0.0852. The molecule has 3 unspecified atom stereocenters. The average Bonchev–Trinajstić information content (AvgIpc) is 2.42. The highest BCUT2D eigenvalue weighted by Gasteiger charge is 2.34. The first-order valence-corrected chi connectivity index (χ1v) is 8.43. The molecule has 0 radical (unpaired) electrons. The first kappa shape index (κ1) is 16.6. The van der Waals surface area contributed by atoms with E-state index in [4.69, 9.17) is 23.2 Å². The molecule has 0 aliphatic heterocycles. The van der Waals surface area contributed by atoms with Gasteiger partial charge in [0.05, 0.1) is 5.92 Å². The van der Waals surface area contributed by atoms with Crippen LogP contribution in [0.5, 0.6) is 0 Å². The molecule has 4 heteroatoms. The predicted octanol–water partition coefficient (Wildman–Crippen LogP) is 5.45. The van der Waals surface area contributed by atoms with E-state index in [9.17, 15) is 9.90 Å². The lowest BCUT2D eigenvalue weighted by atomic mass is 9.70. The van der Waals surface area contributed by atoms with Gasteiger partial charge in [-0.3, -0.25) is 4.79 Å². The van der Waals surface area contributed by atoms with Crippen LogP contribution < -0.4 is 0 Å². The van der Waals surface area contributed by atoms with E-state index in [-0.39, 0.29) is 11.8 Å². The second-order valence-electron chi connectivity index (χ2n) is 6.11. The zero-order valence-corrected chi connectivity index (χ0v) is 13.8. The van der Waals surface area contributed by atoms with Crippen molar-refractivity contribution in [2.45, 2.75) is 45.4 Å². The second kappa shape index (κ2) is 7.51. The highest BCUT2D eigenvalue weighted by molar-refractivity contribution is 6.35. The lowest BCUT2D eigenvalue weighted by Crippen LogP contribution is -2.32. The van der Waals surface area contributed by atoms with E-state index in [1.165, 1.54) is 6.42 Å². The maximum absolute atomic E-state index is 11.5. The Labute approximate surface area is 136 Å². The average molecular weight is 329 g/mol. The van der Waals surface area contributed by atoms with Crippen molar-refractivity contribution in [3.05, 3.63) is 33.8 Å². The molecule has 1 aromatic carbocycles. The number of hydrogen-bond acceptors (Lipinski definition) is 1. The number of halogens is 2. The highest BCUT2D eigenvalue weighted by Crippen LogP contribution is 2.39. The normalized spacial score (nSPS) is 25.8. The smallest absolute Gasteiger partial charge is 0.306 e. The van der Waals surface area contributed by atoms with E-state index in [1.54, 1.807) is 6.07 Å². The number of benzene rings is 1. The van der Waals surface area contributed by atoms with Crippen LogP contribution >= 0.6 is 23.2 Å². The number of aliphatic carboxylic acids is 1. The second-order valence-corrected chi connectivity index (χ2v) is 6.96. The Hall–Kier alpha value is -0.730. The summed E-state index contributed by atoms with van der Waals surface area (Å²) >= 11 is 12.2. The standard InChI is InChI=1S/C17H22Cl2O2/c1-2-3-11-4-7-15(17(20)21)13(8-11)9-12-5-6-14(18)10-16(12)19/h5-6,10-11,13,15H,2-4,7-9H2,1H3,(H,20,21). The van der Waals surface area contributed by atoms with Gasteiger partial charge in [-0.05, 0) is 55.2 Å². The molecule has 2 nitrogen and oxygen atoms in total. The highest BCUT2D eigenvalue weighted by atomic mass is 35.5. The number of rotatable bonds is 5. The Kier molecular flexibility index (Phi) is 5.95. The third-order valence-corrected chi connectivity index (χ3v) is 5.19. The number of carbonyl (C=O) groups is 1. The quantitative estimate of drug-likeness (QED) is 0.779. The van der Waals surface area contributed by atoms with E-state index >= 15 is 0 Å². The molecule has 1 aliphatic carbocycles. The van der Waals surface area contributed by atoms with E-state index in [0.717, 1.165) is 37.7 Å². The van der Waals surface area contributed by atoms with Crippen molar-refractivity contribution in [3.8, 4) is 0 Å². The fourth-order valence-electron chi connectivity index (χ4n) is 3.55. The van der Waals surface area contributed by atoms with E-state index in [0.29, 0.717) is 16.0 Å². The van der Waals surface area contributed by atoms with Crippen molar-refractivity contribution in [2.75, 3.05) is 0 Å². The minimum Gasteiger partial charge on any atom is -0.481 e. The maximum Gasteiger partial charge on any atom is 0.306 e. The Balaban J connectivity index is 2.13. The number of carboxylic acids is 1. The fourth-order valence-corrected chi connectivity index (χ4v) is 4.04. The molecular formula is C17H22Cl2O2. The van der Waals surface area contributed by atoms with Crippen LogP contribution in [0, 0.1) is 17.8 Å². The monoisotopic (exact) mass is 328 g/mol. The summed E-state index contributed by atoms with van der Waals surface area (Å²) in [5, 5.41) is 10.7. The molecule has 21 heavy (non-hydrogen) atoms. The van der Waals surface area contributed by atoms with Gasteiger partial charge in [-0.2, -0.15) is 0 Å². The van der Waals surface area contributed by atoms with Gasteiger partial charge in [-0.25, -0.2) is 0 Å². The predicted molar refractivity (Wildman–Crippen MR) is 87.0 cm³/mol. The Morgan fingerprint density at radius 3 is 2.71 bits per heavy atom. The fraction of sp³-hybridized carbons (Fsp3) is 0.588. The topological polar surface area (TPSA) is 37.3 Å². The van der Waals surface area contributed by atoms with Crippen LogP contribution in [0.3, 0.4) is 0 Å². The van der Waals surface area contributed by atoms with Gasteiger partial charge in [-0.15, -0.1) is 0 Å². The van der Waals surface area contributed by atoms with Gasteiger partial charge in [0.15, 0.2) is 0 Å². The molecule has 0 spiro atoms. The molecule has 0 aromatic heterocycles. The van der Waals surface area contributed by atoms with Crippen LogP contribution in [-0.2, 0) is 11.2 Å². The van der Waals surface area contributed by atoms with Crippen molar-refractivity contribution in [3.63, 3.8) is 0 Å². The minimum atomic E-state index is -0.667. The van der Waals surface area contributed by atoms with Crippen LogP contribution in [0.1, 0.15) is 44.6 Å². The van der Waals surface area contributed by atoms with Crippen molar-refractivity contribution < 1.29 is 9.90 Å². The molecule has 1 fully saturated rings. The van der Waals surface area contributed by atoms with Crippen LogP contribution in [-0.4, -0.2) is 11.1 Å². The van der Waals surface area contributed by atoms with Crippen molar-refractivity contribution >= 4 is 29.2 Å². The molecule has 1 aliphatic rings. The van der Waals surface area contributed by atoms with Crippen LogP contribution in [0.2, 0.25) is 10.0 Å². The molecule has 0 bridgehead atoms. The van der Waals surface area contributed by atoms with Gasteiger partial charge in [-0.1, -0.05) is 49.0 Å². The summed E-state index contributed by atoms with van der Waals surface area (Å²) in [6.07, 6.45) is 5.90. The third-order valence-electron chi connectivity index (χ3n) is 4.60. The van der Waals surface area contributed by atoms with Gasteiger partial charge >= 0.3 is 5.97 Å². The third kappa shape index (κ3) is 4.37. The summed E-state index contributed by atoms with van der Waals surface area (Å²) in [6.45, 7) is 2.19. The van der Waals surface area contributed by atoms with Crippen molar-refractivity contribution in [2.24, 2.45) is 17.8 Å². The maximum atomic E-state index is 11.5.